The summed E-state index contributed by atoms with van der Waals surface area (Å²) in [6.45, 7) is 0. The van der Waals surface area contributed by atoms with Gasteiger partial charge in [-0.1, -0.05) is 18.2 Å². The molecule has 2 N–H and O–H groups in total. The molecule has 0 aliphatic heterocycles. The summed E-state index contributed by atoms with van der Waals surface area (Å²) >= 11 is 1.57. The molecule has 19 heavy (non-hydrogen) atoms. The first-order valence-electron chi connectivity index (χ1n) is 5.96. The van der Waals surface area contributed by atoms with E-state index in [4.69, 9.17) is 10.2 Å². The number of hydrogen-bond acceptors (Lipinski definition) is 5. The first-order chi connectivity index (χ1) is 9.33. The van der Waals surface area contributed by atoms with Gasteiger partial charge in [0, 0.05) is 23.5 Å². The molecule has 0 spiro atoms. The topological polar surface area (TPSA) is 64.9 Å². The van der Waals surface area contributed by atoms with Crippen molar-refractivity contribution in [3.05, 3.63) is 54.7 Å². The Balaban J connectivity index is 1.71. The van der Waals surface area contributed by atoms with Crippen molar-refractivity contribution in [2.45, 2.75) is 11.1 Å². The number of fused-ring (bicyclic) bond motifs is 1. The van der Waals surface area contributed by atoms with Crippen molar-refractivity contribution in [2.24, 2.45) is 5.73 Å². The zero-order valence-corrected chi connectivity index (χ0v) is 11.0. The van der Waals surface area contributed by atoms with Gasteiger partial charge in [0.25, 0.3) is 0 Å². The highest BCUT2D eigenvalue weighted by Gasteiger charge is 2.12. The maximum Gasteiger partial charge on any atom is 0.134 e. The van der Waals surface area contributed by atoms with E-state index in [-0.39, 0.29) is 6.04 Å². The van der Waals surface area contributed by atoms with Crippen molar-refractivity contribution in [2.75, 3.05) is 5.75 Å². The van der Waals surface area contributed by atoms with Crippen LogP contribution in [0.15, 0.2) is 58.4 Å². The first-order valence-corrected chi connectivity index (χ1v) is 6.94. The van der Waals surface area contributed by atoms with Crippen molar-refractivity contribution in [1.29, 1.82) is 0 Å². The fourth-order valence-corrected chi connectivity index (χ4v) is 2.59. The van der Waals surface area contributed by atoms with Gasteiger partial charge in [0.1, 0.15) is 16.4 Å². The number of rotatable bonds is 4. The molecule has 2 heterocycles. The van der Waals surface area contributed by atoms with Crippen LogP contribution >= 0.6 is 11.8 Å². The summed E-state index contributed by atoms with van der Waals surface area (Å²) in [6, 6.07) is 9.75. The summed E-state index contributed by atoms with van der Waals surface area (Å²) in [4.78, 5) is 8.22. The molecule has 96 valence electrons. The zero-order valence-electron chi connectivity index (χ0n) is 10.2. The summed E-state index contributed by atoms with van der Waals surface area (Å²) in [6.07, 6.45) is 5.06. The van der Waals surface area contributed by atoms with E-state index in [9.17, 15) is 0 Å². The molecule has 0 bridgehead atoms. The molecule has 0 aliphatic carbocycles. The van der Waals surface area contributed by atoms with Gasteiger partial charge < -0.3 is 10.2 Å². The first kappa shape index (κ1) is 12.2. The highest BCUT2D eigenvalue weighted by molar-refractivity contribution is 7.99. The van der Waals surface area contributed by atoms with Gasteiger partial charge in [-0.15, -0.1) is 11.8 Å². The van der Waals surface area contributed by atoms with Crippen LogP contribution in [0.4, 0.5) is 0 Å². The summed E-state index contributed by atoms with van der Waals surface area (Å²) in [5.41, 5.74) is 7.02. The molecule has 1 atom stereocenters. The van der Waals surface area contributed by atoms with Crippen LogP contribution in [0.1, 0.15) is 11.8 Å². The van der Waals surface area contributed by atoms with Gasteiger partial charge in [0.05, 0.1) is 12.2 Å². The molecule has 3 aromatic rings. The molecule has 1 aromatic carbocycles. The van der Waals surface area contributed by atoms with Crippen LogP contribution in [0.3, 0.4) is 0 Å². The number of thioether (sulfide) groups is 1. The lowest BCUT2D eigenvalue weighted by Crippen LogP contribution is -2.12. The van der Waals surface area contributed by atoms with E-state index in [1.165, 1.54) is 0 Å². The minimum atomic E-state index is -0.153. The van der Waals surface area contributed by atoms with Gasteiger partial charge in [0.15, 0.2) is 0 Å². The number of nitrogens with zero attached hydrogens (tertiary/aromatic N) is 2. The fourth-order valence-electron chi connectivity index (χ4n) is 1.80. The van der Waals surface area contributed by atoms with Crippen molar-refractivity contribution in [3.8, 4) is 0 Å². The molecule has 0 fully saturated rings. The Kier molecular flexibility index (Phi) is 3.48. The van der Waals surface area contributed by atoms with Crippen LogP contribution in [-0.2, 0) is 0 Å². The standard InChI is InChI=1S/C14H13N3OS/c15-11(9-19-14-8-16-5-6-17-14)13-7-10-3-1-2-4-12(10)18-13/h1-8,11H,9,15H2. The van der Waals surface area contributed by atoms with E-state index < -0.39 is 0 Å². The largest absolute Gasteiger partial charge is 0.459 e. The highest BCUT2D eigenvalue weighted by atomic mass is 32.2. The quantitative estimate of drug-likeness (QED) is 0.739. The minimum absolute atomic E-state index is 0.153. The summed E-state index contributed by atoms with van der Waals surface area (Å²) in [5, 5.41) is 1.95. The Hall–Kier alpha value is -1.85. The molecule has 0 aliphatic rings. The number of nitrogens with two attached hydrogens (primary N) is 1. The Labute approximate surface area is 115 Å². The molecule has 0 amide bonds. The molecule has 0 radical (unpaired) electrons. The van der Waals surface area contributed by atoms with Crippen molar-refractivity contribution in [3.63, 3.8) is 0 Å². The molecule has 0 saturated heterocycles. The average molecular weight is 271 g/mol. The van der Waals surface area contributed by atoms with Gasteiger partial charge in [-0.3, -0.25) is 4.98 Å². The second-order valence-electron chi connectivity index (χ2n) is 4.15. The zero-order chi connectivity index (χ0) is 13.1. The van der Waals surface area contributed by atoms with E-state index in [0.29, 0.717) is 5.75 Å². The monoisotopic (exact) mass is 271 g/mol. The van der Waals surface area contributed by atoms with Crippen molar-refractivity contribution < 1.29 is 4.42 Å². The van der Waals surface area contributed by atoms with Crippen LogP contribution in [0, 0.1) is 0 Å². The van der Waals surface area contributed by atoms with E-state index >= 15 is 0 Å². The number of para-hydroxylation sites is 1. The van der Waals surface area contributed by atoms with E-state index in [2.05, 4.69) is 9.97 Å². The summed E-state index contributed by atoms with van der Waals surface area (Å²) < 4.78 is 5.74. The third-order valence-electron chi connectivity index (χ3n) is 2.76. The number of aromatic nitrogens is 2. The van der Waals surface area contributed by atoms with Crippen molar-refractivity contribution >= 4 is 22.7 Å². The molecular weight excluding hydrogens is 258 g/mol. The van der Waals surface area contributed by atoms with Crippen LogP contribution in [-0.4, -0.2) is 15.7 Å². The molecule has 4 nitrogen and oxygen atoms in total. The Morgan fingerprint density at radius 3 is 2.95 bits per heavy atom. The predicted octanol–water partition coefficient (Wildman–Crippen LogP) is 3.01. The lowest BCUT2D eigenvalue weighted by atomic mass is 10.2. The number of hydrogen-bond donors (Lipinski definition) is 1. The minimum Gasteiger partial charge on any atom is -0.459 e. The van der Waals surface area contributed by atoms with E-state index in [0.717, 1.165) is 21.8 Å². The second-order valence-corrected chi connectivity index (χ2v) is 5.19. The molecule has 2 aromatic heterocycles. The van der Waals surface area contributed by atoms with Gasteiger partial charge in [-0.05, 0) is 12.1 Å². The third-order valence-corrected chi connectivity index (χ3v) is 3.79. The van der Waals surface area contributed by atoms with Crippen molar-refractivity contribution in [1.82, 2.24) is 9.97 Å². The fraction of sp³-hybridized carbons (Fsp3) is 0.143. The smallest absolute Gasteiger partial charge is 0.134 e. The lowest BCUT2D eigenvalue weighted by molar-refractivity contribution is 0.516. The van der Waals surface area contributed by atoms with E-state index in [1.807, 2.05) is 30.3 Å². The maximum atomic E-state index is 6.14. The van der Waals surface area contributed by atoms with Gasteiger partial charge in [0.2, 0.25) is 0 Å². The molecule has 0 saturated carbocycles. The molecule has 3 rings (SSSR count). The van der Waals surface area contributed by atoms with Crippen LogP contribution < -0.4 is 5.73 Å². The average Bonchev–Trinajstić information content (AvgIpc) is 2.90. The number of benzene rings is 1. The Bertz CT molecular complexity index is 636. The Morgan fingerprint density at radius 1 is 1.26 bits per heavy atom. The molecule has 5 heteroatoms. The predicted molar refractivity (Wildman–Crippen MR) is 75.9 cm³/mol. The summed E-state index contributed by atoms with van der Waals surface area (Å²) in [5.74, 6) is 1.51. The van der Waals surface area contributed by atoms with Gasteiger partial charge >= 0.3 is 0 Å². The SMILES string of the molecule is NC(CSc1cnccn1)c1cc2ccccc2o1. The number of furan rings is 1. The molecular formula is C14H13N3OS. The van der Waals surface area contributed by atoms with Crippen LogP contribution in [0.2, 0.25) is 0 Å². The highest BCUT2D eigenvalue weighted by Crippen LogP contribution is 2.26. The summed E-state index contributed by atoms with van der Waals surface area (Å²) in [7, 11) is 0. The normalized spacial score (nSPS) is 12.7. The van der Waals surface area contributed by atoms with Gasteiger partial charge in [-0.2, -0.15) is 0 Å². The second kappa shape index (κ2) is 5.42. The van der Waals surface area contributed by atoms with Crippen LogP contribution in [0.5, 0.6) is 0 Å². The molecule has 1 unspecified atom stereocenters. The van der Waals surface area contributed by atoms with E-state index in [1.54, 1.807) is 30.4 Å². The maximum absolute atomic E-state index is 6.14. The van der Waals surface area contributed by atoms with Gasteiger partial charge in [-0.25, -0.2) is 4.98 Å². The lowest BCUT2D eigenvalue weighted by Gasteiger charge is -2.07. The Morgan fingerprint density at radius 2 is 2.16 bits per heavy atom. The third kappa shape index (κ3) is 2.77. The van der Waals surface area contributed by atoms with Crippen LogP contribution in [0.25, 0.3) is 11.0 Å².